The van der Waals surface area contributed by atoms with Crippen LogP contribution in [0.15, 0.2) is 30.3 Å². The van der Waals surface area contributed by atoms with E-state index >= 15 is 0 Å². The molecule has 12 heteroatoms. The lowest BCUT2D eigenvalue weighted by Gasteiger charge is -2.32. The van der Waals surface area contributed by atoms with Crippen LogP contribution in [0.25, 0.3) is 10.1 Å². The Hall–Kier alpha value is -2.60. The molecule has 0 bridgehead atoms. The zero-order chi connectivity index (χ0) is 20.8. The standard InChI is InChI=1S/C17H19N3O7S2/c21-17(28-14(10-26-19(22)23)11-27-20(24)25)18-7-5-12(6-8-18)16-9-13-3-1-2-4-15(13)29-16/h1-4,9,12,14H,5-8,10-11H2. The number of fused-ring (bicyclic) bond motifs is 1. The van der Waals surface area contributed by atoms with Gasteiger partial charge >= 0.3 is 0 Å². The Balaban J connectivity index is 1.53. The minimum Gasteiger partial charge on any atom is -0.334 e. The minimum atomic E-state index is -0.999. The molecule has 0 radical (unpaired) electrons. The summed E-state index contributed by atoms with van der Waals surface area (Å²) in [6.07, 6.45) is 1.64. The number of likely N-dealkylation sites (tertiary alicyclic amines) is 1. The molecule has 0 aliphatic carbocycles. The Morgan fingerprint density at radius 1 is 1.17 bits per heavy atom. The van der Waals surface area contributed by atoms with Crippen molar-refractivity contribution in [1.82, 2.24) is 4.90 Å². The Morgan fingerprint density at radius 3 is 2.38 bits per heavy atom. The molecular formula is C17H19N3O7S2. The van der Waals surface area contributed by atoms with Gasteiger partial charge in [-0.25, -0.2) is 0 Å². The van der Waals surface area contributed by atoms with Crippen LogP contribution >= 0.6 is 23.1 Å². The highest BCUT2D eigenvalue weighted by atomic mass is 32.2. The molecule has 0 spiro atoms. The smallest absolute Gasteiger partial charge is 0.294 e. The van der Waals surface area contributed by atoms with Crippen molar-refractivity contribution >= 4 is 38.4 Å². The largest absolute Gasteiger partial charge is 0.334 e. The fourth-order valence-corrected chi connectivity index (χ4v) is 5.28. The zero-order valence-electron chi connectivity index (χ0n) is 15.3. The third-order valence-corrected chi connectivity index (χ3v) is 6.94. The van der Waals surface area contributed by atoms with Crippen LogP contribution in [0.4, 0.5) is 4.79 Å². The first-order valence-electron chi connectivity index (χ1n) is 8.91. The fraction of sp³-hybridized carbons (Fsp3) is 0.471. The van der Waals surface area contributed by atoms with Crippen molar-refractivity contribution in [3.05, 3.63) is 55.4 Å². The molecule has 1 aromatic heterocycles. The van der Waals surface area contributed by atoms with Crippen molar-refractivity contribution in [2.75, 3.05) is 26.3 Å². The summed E-state index contributed by atoms with van der Waals surface area (Å²) >= 11 is 2.54. The summed E-state index contributed by atoms with van der Waals surface area (Å²) in [6, 6.07) is 10.4. The average molecular weight is 441 g/mol. The molecule has 0 N–H and O–H groups in total. The number of nitrogens with zero attached hydrogens (tertiary/aromatic N) is 3. The number of amides is 1. The highest BCUT2D eigenvalue weighted by molar-refractivity contribution is 8.14. The highest BCUT2D eigenvalue weighted by Gasteiger charge is 2.28. The van der Waals surface area contributed by atoms with Gasteiger partial charge in [0.2, 0.25) is 0 Å². The van der Waals surface area contributed by atoms with Crippen molar-refractivity contribution in [1.29, 1.82) is 0 Å². The van der Waals surface area contributed by atoms with Gasteiger partial charge in [0.25, 0.3) is 15.4 Å². The summed E-state index contributed by atoms with van der Waals surface area (Å²) in [4.78, 5) is 44.8. The van der Waals surface area contributed by atoms with Gasteiger partial charge in [-0.1, -0.05) is 30.0 Å². The molecule has 0 saturated carbocycles. The molecule has 10 nitrogen and oxygen atoms in total. The zero-order valence-corrected chi connectivity index (χ0v) is 16.9. The first-order valence-corrected chi connectivity index (χ1v) is 10.6. The lowest BCUT2D eigenvalue weighted by atomic mass is 9.95. The molecule has 0 unspecified atom stereocenters. The lowest BCUT2D eigenvalue weighted by Crippen LogP contribution is -2.37. The van der Waals surface area contributed by atoms with Crippen molar-refractivity contribution in [2.45, 2.75) is 24.0 Å². The molecule has 2 heterocycles. The Labute approximate surface area is 174 Å². The van der Waals surface area contributed by atoms with E-state index in [-0.39, 0.29) is 5.24 Å². The van der Waals surface area contributed by atoms with E-state index in [0.29, 0.717) is 19.0 Å². The van der Waals surface area contributed by atoms with E-state index in [1.54, 1.807) is 16.2 Å². The Morgan fingerprint density at radius 2 is 1.79 bits per heavy atom. The molecule has 1 saturated heterocycles. The molecule has 1 amide bonds. The van der Waals surface area contributed by atoms with E-state index in [0.717, 1.165) is 24.6 Å². The van der Waals surface area contributed by atoms with Gasteiger partial charge in [-0.15, -0.1) is 31.6 Å². The maximum Gasteiger partial charge on any atom is 0.294 e. The van der Waals surface area contributed by atoms with Crippen molar-refractivity contribution < 1.29 is 24.6 Å². The second-order valence-corrected chi connectivity index (χ2v) is 8.86. The topological polar surface area (TPSA) is 125 Å². The Bertz CT molecular complexity index is 832. The van der Waals surface area contributed by atoms with Crippen LogP contribution in [-0.4, -0.2) is 51.9 Å². The maximum absolute atomic E-state index is 12.5. The molecular weight excluding hydrogens is 422 g/mol. The van der Waals surface area contributed by atoms with Gasteiger partial charge in [-0.3, -0.25) is 4.79 Å². The number of piperidine rings is 1. The molecule has 29 heavy (non-hydrogen) atoms. The Kier molecular flexibility index (Phi) is 7.09. The number of thioether (sulfide) groups is 1. The van der Waals surface area contributed by atoms with Gasteiger partial charge in [0.05, 0.1) is 5.25 Å². The summed E-state index contributed by atoms with van der Waals surface area (Å²) in [5.74, 6) is 0.382. The van der Waals surface area contributed by atoms with E-state index in [9.17, 15) is 25.0 Å². The predicted octanol–water partition coefficient (Wildman–Crippen LogP) is 3.72. The van der Waals surface area contributed by atoms with Crippen molar-refractivity contribution in [2.24, 2.45) is 0 Å². The van der Waals surface area contributed by atoms with Gasteiger partial charge in [0.15, 0.2) is 0 Å². The number of hydrogen-bond donors (Lipinski definition) is 0. The molecule has 2 aromatic rings. The van der Waals surface area contributed by atoms with Gasteiger partial charge in [0.1, 0.15) is 13.2 Å². The summed E-state index contributed by atoms with van der Waals surface area (Å²) in [5, 5.41) is 18.8. The number of rotatable bonds is 8. The van der Waals surface area contributed by atoms with Crippen LogP contribution in [0, 0.1) is 20.2 Å². The minimum absolute atomic E-state index is 0.288. The van der Waals surface area contributed by atoms with Crippen LogP contribution in [0.1, 0.15) is 23.6 Å². The van der Waals surface area contributed by atoms with Gasteiger partial charge in [0, 0.05) is 22.7 Å². The number of thiophene rings is 1. The second-order valence-electron chi connectivity index (χ2n) is 6.49. The number of carbonyl (C=O) groups excluding carboxylic acids is 1. The summed E-state index contributed by atoms with van der Waals surface area (Å²) in [5.41, 5.74) is 0. The summed E-state index contributed by atoms with van der Waals surface area (Å²) < 4.78 is 1.25. The van der Waals surface area contributed by atoms with E-state index in [1.807, 2.05) is 12.1 Å². The van der Waals surface area contributed by atoms with Crippen LogP contribution in [-0.2, 0) is 9.68 Å². The third-order valence-electron chi connectivity index (χ3n) is 4.60. The van der Waals surface area contributed by atoms with Gasteiger partial charge in [-0.05, 0) is 36.3 Å². The first kappa shape index (κ1) is 21.1. The third kappa shape index (κ3) is 5.94. The molecule has 1 aliphatic rings. The summed E-state index contributed by atoms with van der Waals surface area (Å²) in [7, 11) is 0. The van der Waals surface area contributed by atoms with E-state index in [4.69, 9.17) is 0 Å². The number of benzene rings is 1. The van der Waals surface area contributed by atoms with Crippen molar-refractivity contribution in [3.63, 3.8) is 0 Å². The lowest BCUT2D eigenvalue weighted by molar-refractivity contribution is -0.765. The summed E-state index contributed by atoms with van der Waals surface area (Å²) in [6.45, 7) is 0.193. The van der Waals surface area contributed by atoms with E-state index < -0.39 is 28.6 Å². The predicted molar refractivity (Wildman–Crippen MR) is 108 cm³/mol. The monoisotopic (exact) mass is 441 g/mol. The highest BCUT2D eigenvalue weighted by Crippen LogP contribution is 2.37. The van der Waals surface area contributed by atoms with Crippen molar-refractivity contribution in [3.8, 4) is 0 Å². The molecule has 3 rings (SSSR count). The molecule has 156 valence electrons. The second kappa shape index (κ2) is 9.74. The fourth-order valence-electron chi connectivity index (χ4n) is 3.17. The number of hydrogen-bond acceptors (Lipinski definition) is 9. The quantitative estimate of drug-likeness (QED) is 0.448. The van der Waals surface area contributed by atoms with Crippen LogP contribution in [0.3, 0.4) is 0 Å². The normalized spacial score (nSPS) is 14.9. The van der Waals surface area contributed by atoms with Crippen LogP contribution < -0.4 is 0 Å². The van der Waals surface area contributed by atoms with E-state index in [2.05, 4.69) is 27.9 Å². The molecule has 1 fully saturated rings. The van der Waals surface area contributed by atoms with Crippen LogP contribution in [0.2, 0.25) is 0 Å². The molecule has 1 aromatic carbocycles. The number of carbonyl (C=O) groups is 1. The molecule has 0 atom stereocenters. The first-order chi connectivity index (χ1) is 13.9. The van der Waals surface area contributed by atoms with E-state index in [1.165, 1.54) is 15.0 Å². The van der Waals surface area contributed by atoms with Crippen LogP contribution in [0.5, 0.6) is 0 Å². The van der Waals surface area contributed by atoms with Gasteiger partial charge < -0.3 is 14.6 Å². The van der Waals surface area contributed by atoms with Gasteiger partial charge in [-0.2, -0.15) is 0 Å². The SMILES string of the molecule is O=C(SC(CO[N+](=O)[O-])CO[N+](=O)[O-])N1CCC(c2cc3ccccc3s2)CC1. The maximum atomic E-state index is 12.5. The molecule has 1 aliphatic heterocycles. The average Bonchev–Trinajstić information content (AvgIpc) is 3.14.